The smallest absolute Gasteiger partial charge is 0.262 e. The molecule has 0 unspecified atom stereocenters. The Bertz CT molecular complexity index is 1520. The number of Topliss-reactive ketones (excluding diaryl/α,β-unsaturated/α-hetero) is 2. The first-order valence-corrected chi connectivity index (χ1v) is 15.2. The number of halogens is 3. The van der Waals surface area contributed by atoms with Crippen LogP contribution in [0.5, 0.6) is 11.5 Å². The minimum absolute atomic E-state index is 0.0233. The largest absolute Gasteiger partial charge is 0.493 e. The van der Waals surface area contributed by atoms with Crippen molar-refractivity contribution in [3.05, 3.63) is 73.1 Å². The molecule has 1 amide bonds. The predicted octanol–water partition coefficient (Wildman–Crippen LogP) is 8.18. The number of amides is 1. The van der Waals surface area contributed by atoms with E-state index in [2.05, 4.69) is 48.9 Å². The monoisotopic (exact) mass is 675 g/mol. The molecule has 0 bridgehead atoms. The molecule has 3 aliphatic rings. The third kappa shape index (κ3) is 6.12. The second-order valence-corrected chi connectivity index (χ2v) is 14.3. The highest BCUT2D eigenvalue weighted by atomic mass is 79.9. The molecule has 0 aromatic heterocycles. The van der Waals surface area contributed by atoms with Crippen molar-refractivity contribution in [2.75, 3.05) is 19.0 Å². The Morgan fingerprint density at radius 1 is 0.952 bits per heavy atom. The molecule has 2 aromatic rings. The maximum Gasteiger partial charge on any atom is 0.262 e. The Morgan fingerprint density at radius 2 is 1.55 bits per heavy atom. The Hall–Kier alpha value is -2.81. The summed E-state index contributed by atoms with van der Waals surface area (Å²) in [5, 5.41) is 3.42. The van der Waals surface area contributed by atoms with Crippen molar-refractivity contribution in [1.29, 1.82) is 0 Å². The van der Waals surface area contributed by atoms with Gasteiger partial charge in [-0.05, 0) is 62.7 Å². The van der Waals surface area contributed by atoms with Crippen molar-refractivity contribution in [2.24, 2.45) is 10.8 Å². The average molecular weight is 677 g/mol. The number of carbonyl (C=O) groups excluding carboxylic acids is 3. The number of benzene rings is 2. The SMILES string of the molecule is COc1cc(C2C3=C(CC(C)(C)CC3=O)OC3=C2C(=O)CC(C)(C)C3)cc(Br)c1OCC(=O)Nc1ccc(Cl)c(Cl)c1. The van der Waals surface area contributed by atoms with E-state index < -0.39 is 11.8 Å². The molecule has 7 nitrogen and oxygen atoms in total. The van der Waals surface area contributed by atoms with Crippen LogP contribution in [0.15, 0.2) is 57.5 Å². The molecule has 0 radical (unpaired) electrons. The number of methoxy groups -OCH3 is 1. The Labute approximate surface area is 263 Å². The Morgan fingerprint density at radius 3 is 2.10 bits per heavy atom. The number of anilines is 1. The van der Waals surface area contributed by atoms with E-state index in [0.717, 1.165) is 0 Å². The van der Waals surface area contributed by atoms with Gasteiger partial charge >= 0.3 is 0 Å². The number of ether oxygens (including phenoxy) is 3. The number of rotatable bonds is 6. The van der Waals surface area contributed by atoms with Crippen LogP contribution < -0.4 is 14.8 Å². The minimum atomic E-state index is -0.590. The van der Waals surface area contributed by atoms with Gasteiger partial charge in [0.15, 0.2) is 29.7 Å². The maximum absolute atomic E-state index is 13.6. The Balaban J connectivity index is 1.49. The van der Waals surface area contributed by atoms with Gasteiger partial charge in [-0.1, -0.05) is 50.9 Å². The van der Waals surface area contributed by atoms with Gasteiger partial charge in [0.25, 0.3) is 5.91 Å². The predicted molar refractivity (Wildman–Crippen MR) is 165 cm³/mol. The molecule has 42 heavy (non-hydrogen) atoms. The van der Waals surface area contributed by atoms with Gasteiger partial charge in [-0.2, -0.15) is 0 Å². The summed E-state index contributed by atoms with van der Waals surface area (Å²) in [5.74, 6) is 0.895. The first kappa shape index (κ1) is 30.6. The lowest BCUT2D eigenvalue weighted by molar-refractivity contribution is -0.120. The van der Waals surface area contributed by atoms with Gasteiger partial charge in [-0.3, -0.25) is 14.4 Å². The van der Waals surface area contributed by atoms with Gasteiger partial charge < -0.3 is 19.5 Å². The van der Waals surface area contributed by atoms with E-state index >= 15 is 0 Å². The molecule has 2 aliphatic carbocycles. The molecule has 1 N–H and O–H groups in total. The van der Waals surface area contributed by atoms with Crippen LogP contribution in [-0.2, 0) is 19.1 Å². The van der Waals surface area contributed by atoms with Crippen LogP contribution in [0.3, 0.4) is 0 Å². The first-order chi connectivity index (χ1) is 19.7. The lowest BCUT2D eigenvalue weighted by Gasteiger charge is -2.42. The molecule has 0 fully saturated rings. The van der Waals surface area contributed by atoms with Crippen LogP contribution in [0.2, 0.25) is 10.0 Å². The molecular formula is C32H32BrCl2NO6. The summed E-state index contributed by atoms with van der Waals surface area (Å²) in [6.45, 7) is 7.90. The second-order valence-electron chi connectivity index (χ2n) is 12.6. The highest BCUT2D eigenvalue weighted by molar-refractivity contribution is 9.10. The van der Waals surface area contributed by atoms with E-state index in [0.29, 0.717) is 85.6 Å². The van der Waals surface area contributed by atoms with Gasteiger partial charge in [0.05, 0.1) is 21.6 Å². The van der Waals surface area contributed by atoms with Crippen LogP contribution in [0.4, 0.5) is 5.69 Å². The fourth-order valence-electron chi connectivity index (χ4n) is 5.96. The van der Waals surface area contributed by atoms with E-state index in [4.69, 9.17) is 37.4 Å². The maximum atomic E-state index is 13.6. The molecule has 10 heteroatoms. The minimum Gasteiger partial charge on any atom is -0.493 e. The van der Waals surface area contributed by atoms with E-state index in [1.807, 2.05) is 6.07 Å². The van der Waals surface area contributed by atoms with Gasteiger partial charge in [0.2, 0.25) is 0 Å². The highest BCUT2D eigenvalue weighted by Crippen LogP contribution is 2.54. The number of nitrogens with one attached hydrogen (secondary N) is 1. The second kappa shape index (κ2) is 11.4. The number of allylic oxidation sites excluding steroid dienone is 4. The van der Waals surface area contributed by atoms with Gasteiger partial charge in [0, 0.05) is 48.4 Å². The topological polar surface area (TPSA) is 90.9 Å². The molecule has 222 valence electrons. The third-order valence-corrected chi connectivity index (χ3v) is 9.05. The zero-order valence-electron chi connectivity index (χ0n) is 24.1. The number of carbonyl (C=O) groups is 3. The summed E-state index contributed by atoms with van der Waals surface area (Å²) in [6.07, 6.45) is 1.93. The van der Waals surface area contributed by atoms with Crippen LogP contribution in [0, 0.1) is 10.8 Å². The summed E-state index contributed by atoms with van der Waals surface area (Å²) < 4.78 is 18.5. The summed E-state index contributed by atoms with van der Waals surface area (Å²) in [6, 6.07) is 8.36. The van der Waals surface area contributed by atoms with Crippen molar-refractivity contribution >= 4 is 62.3 Å². The van der Waals surface area contributed by atoms with Gasteiger partial charge in [-0.15, -0.1) is 0 Å². The number of hydrogen-bond donors (Lipinski definition) is 1. The molecule has 1 heterocycles. The van der Waals surface area contributed by atoms with E-state index in [-0.39, 0.29) is 29.0 Å². The molecule has 0 saturated carbocycles. The van der Waals surface area contributed by atoms with Crippen molar-refractivity contribution in [3.8, 4) is 11.5 Å². The normalized spacial score (nSPS) is 19.6. The molecule has 5 rings (SSSR count). The zero-order chi connectivity index (χ0) is 30.6. The lowest BCUT2D eigenvalue weighted by Crippen LogP contribution is -2.37. The van der Waals surface area contributed by atoms with E-state index in [9.17, 15) is 14.4 Å². The van der Waals surface area contributed by atoms with Crippen LogP contribution in [-0.4, -0.2) is 31.2 Å². The third-order valence-electron chi connectivity index (χ3n) is 7.72. The van der Waals surface area contributed by atoms with Crippen molar-refractivity contribution in [1.82, 2.24) is 0 Å². The lowest BCUT2D eigenvalue weighted by atomic mass is 9.65. The average Bonchev–Trinajstić information content (AvgIpc) is 2.87. The van der Waals surface area contributed by atoms with E-state index in [1.54, 1.807) is 24.3 Å². The van der Waals surface area contributed by atoms with Crippen molar-refractivity contribution < 1.29 is 28.6 Å². The fourth-order valence-corrected chi connectivity index (χ4v) is 6.84. The molecule has 1 aliphatic heterocycles. The van der Waals surface area contributed by atoms with Crippen LogP contribution in [0.25, 0.3) is 0 Å². The number of ketones is 2. The number of hydrogen-bond acceptors (Lipinski definition) is 6. The standard InChI is InChI=1S/C32H32BrCl2NO6/c1-31(2)11-21(37)28-24(13-31)42-25-14-32(3,4)12-22(38)29(25)27(28)16-8-18(33)30(23(9-16)40-5)41-15-26(39)36-17-6-7-19(34)20(35)10-17/h6-10,27H,11-15H2,1-5H3,(H,36,39). The van der Waals surface area contributed by atoms with Gasteiger partial charge in [0.1, 0.15) is 11.5 Å². The van der Waals surface area contributed by atoms with Crippen LogP contribution >= 0.6 is 39.1 Å². The van der Waals surface area contributed by atoms with Gasteiger partial charge in [-0.25, -0.2) is 0 Å². The van der Waals surface area contributed by atoms with Crippen molar-refractivity contribution in [2.45, 2.75) is 59.3 Å². The summed E-state index contributed by atoms with van der Waals surface area (Å²) in [7, 11) is 1.50. The van der Waals surface area contributed by atoms with E-state index in [1.165, 1.54) is 7.11 Å². The highest BCUT2D eigenvalue weighted by Gasteiger charge is 2.48. The molecule has 0 atom stereocenters. The fraction of sp³-hybridized carbons (Fsp3) is 0.406. The zero-order valence-corrected chi connectivity index (χ0v) is 27.2. The Kier molecular flexibility index (Phi) is 8.29. The summed E-state index contributed by atoms with van der Waals surface area (Å²) in [4.78, 5) is 39.9. The summed E-state index contributed by atoms with van der Waals surface area (Å²) >= 11 is 15.6. The molecule has 0 saturated heterocycles. The molecule has 0 spiro atoms. The molecular weight excluding hydrogens is 645 g/mol. The molecule has 2 aromatic carbocycles. The first-order valence-electron chi connectivity index (χ1n) is 13.6. The summed E-state index contributed by atoms with van der Waals surface area (Å²) in [5.41, 5.74) is 1.75. The van der Waals surface area contributed by atoms with Crippen molar-refractivity contribution in [3.63, 3.8) is 0 Å². The van der Waals surface area contributed by atoms with Crippen LogP contribution in [0.1, 0.15) is 64.9 Å². The quantitative estimate of drug-likeness (QED) is 0.332.